The summed E-state index contributed by atoms with van der Waals surface area (Å²) < 4.78 is 43.3. The first kappa shape index (κ1) is 21.5. The third-order valence-corrected chi connectivity index (χ3v) is 6.40. The average Bonchev–Trinajstić information content (AvgIpc) is 3.58. The van der Waals surface area contributed by atoms with E-state index in [1.165, 1.54) is 34.1 Å². The lowest BCUT2D eigenvalue weighted by molar-refractivity contribution is -0.143. The number of hydrogen-bond donors (Lipinski definition) is 1. The minimum absolute atomic E-state index is 0.00312. The monoisotopic (exact) mass is 454 g/mol. The number of aliphatic hydroxyl groups is 1. The van der Waals surface area contributed by atoms with Crippen LogP contribution in [0.5, 0.6) is 0 Å². The Hall–Kier alpha value is -3.39. The Morgan fingerprint density at radius 2 is 1.42 bits per heavy atom. The third-order valence-electron chi connectivity index (χ3n) is 6.40. The standard InChI is InChI=1S/C25H21F3N2O3/c26-18-4-3-15-13-17(2-1-16(15)14-18)19-5-6-20(22(28)21(19)27)23(31)29-9-11-30(12-10-29)24(32)25(33)7-8-25/h1-6,13-14,33H,7-12H2. The van der Waals surface area contributed by atoms with E-state index in [1.54, 1.807) is 24.3 Å². The van der Waals surface area contributed by atoms with Gasteiger partial charge in [0.2, 0.25) is 0 Å². The summed E-state index contributed by atoms with van der Waals surface area (Å²) in [5.41, 5.74) is -1.23. The van der Waals surface area contributed by atoms with E-state index >= 15 is 0 Å². The van der Waals surface area contributed by atoms with Gasteiger partial charge in [0, 0.05) is 31.7 Å². The molecule has 1 aliphatic heterocycles. The van der Waals surface area contributed by atoms with E-state index in [2.05, 4.69) is 0 Å². The zero-order chi connectivity index (χ0) is 23.3. The highest BCUT2D eigenvalue weighted by Gasteiger charge is 2.50. The SMILES string of the molecule is O=C(c1ccc(-c2ccc3cc(F)ccc3c2)c(F)c1F)N1CCN(C(=O)C2(O)CC2)CC1. The lowest BCUT2D eigenvalue weighted by Gasteiger charge is -2.35. The fourth-order valence-electron chi connectivity index (χ4n) is 4.23. The molecule has 0 unspecified atom stereocenters. The number of carbonyl (C=O) groups is 2. The molecule has 5 rings (SSSR count). The summed E-state index contributed by atoms with van der Waals surface area (Å²) >= 11 is 0. The van der Waals surface area contributed by atoms with Crippen LogP contribution in [0, 0.1) is 17.5 Å². The van der Waals surface area contributed by atoms with Gasteiger partial charge in [-0.05, 0) is 53.4 Å². The number of benzene rings is 3. The van der Waals surface area contributed by atoms with E-state index < -0.39 is 23.1 Å². The molecule has 3 aromatic rings. The number of rotatable bonds is 3. The molecule has 5 nitrogen and oxygen atoms in total. The maximum atomic E-state index is 15.0. The van der Waals surface area contributed by atoms with E-state index in [0.29, 0.717) is 29.2 Å². The first-order valence-electron chi connectivity index (χ1n) is 10.8. The minimum Gasteiger partial charge on any atom is -0.380 e. The van der Waals surface area contributed by atoms with Crippen molar-refractivity contribution in [2.45, 2.75) is 18.4 Å². The van der Waals surface area contributed by atoms with Gasteiger partial charge in [0.1, 0.15) is 11.4 Å². The smallest absolute Gasteiger partial charge is 0.257 e. The summed E-state index contributed by atoms with van der Waals surface area (Å²) in [5.74, 6) is -3.74. The molecule has 2 amide bonds. The van der Waals surface area contributed by atoms with Crippen LogP contribution in [0.1, 0.15) is 23.2 Å². The van der Waals surface area contributed by atoms with Gasteiger partial charge in [-0.15, -0.1) is 0 Å². The molecule has 3 aromatic carbocycles. The van der Waals surface area contributed by atoms with E-state index in [4.69, 9.17) is 0 Å². The Kier molecular flexibility index (Phi) is 5.12. The summed E-state index contributed by atoms with van der Waals surface area (Å²) in [6.45, 7) is 0.800. The highest BCUT2D eigenvalue weighted by Crippen LogP contribution is 2.37. The average molecular weight is 454 g/mol. The summed E-state index contributed by atoms with van der Waals surface area (Å²) in [6, 6.07) is 11.7. The molecule has 1 N–H and O–H groups in total. The Labute approximate surface area is 188 Å². The van der Waals surface area contributed by atoms with Gasteiger partial charge >= 0.3 is 0 Å². The summed E-state index contributed by atoms with van der Waals surface area (Å²) in [5, 5.41) is 11.3. The molecule has 0 radical (unpaired) electrons. The van der Waals surface area contributed by atoms with Crippen molar-refractivity contribution in [3.63, 3.8) is 0 Å². The number of nitrogens with zero attached hydrogens (tertiary/aromatic N) is 2. The summed E-state index contributed by atoms with van der Waals surface area (Å²) in [6.07, 6.45) is 0.881. The Morgan fingerprint density at radius 3 is 2.12 bits per heavy atom. The van der Waals surface area contributed by atoms with E-state index in [9.17, 15) is 27.9 Å². The Balaban J connectivity index is 1.35. The molecule has 170 valence electrons. The molecule has 1 saturated heterocycles. The number of halogens is 3. The maximum Gasteiger partial charge on any atom is 0.257 e. The van der Waals surface area contributed by atoms with Crippen molar-refractivity contribution < 1.29 is 27.9 Å². The lowest BCUT2D eigenvalue weighted by Crippen LogP contribution is -2.53. The topological polar surface area (TPSA) is 60.9 Å². The van der Waals surface area contributed by atoms with E-state index in [1.807, 2.05) is 0 Å². The molecule has 33 heavy (non-hydrogen) atoms. The molecule has 0 bridgehead atoms. The molecule has 1 heterocycles. The summed E-state index contributed by atoms with van der Waals surface area (Å²) in [4.78, 5) is 28.0. The quantitative estimate of drug-likeness (QED) is 0.656. The van der Waals surface area contributed by atoms with Crippen LogP contribution in [-0.4, -0.2) is 58.5 Å². The fourth-order valence-corrected chi connectivity index (χ4v) is 4.23. The van der Waals surface area contributed by atoms with Crippen LogP contribution in [-0.2, 0) is 4.79 Å². The maximum absolute atomic E-state index is 15.0. The number of hydrogen-bond acceptors (Lipinski definition) is 3. The second-order valence-corrected chi connectivity index (χ2v) is 8.61. The molecule has 0 aromatic heterocycles. The zero-order valence-electron chi connectivity index (χ0n) is 17.7. The second-order valence-electron chi connectivity index (χ2n) is 8.61. The van der Waals surface area contributed by atoms with Gasteiger partial charge < -0.3 is 14.9 Å². The van der Waals surface area contributed by atoms with Crippen LogP contribution >= 0.6 is 0 Å². The highest BCUT2D eigenvalue weighted by atomic mass is 19.2. The van der Waals surface area contributed by atoms with Gasteiger partial charge in [-0.25, -0.2) is 13.2 Å². The molecular weight excluding hydrogens is 433 g/mol. The van der Waals surface area contributed by atoms with Crippen LogP contribution in [0.2, 0.25) is 0 Å². The Morgan fingerprint density at radius 1 is 0.788 bits per heavy atom. The lowest BCUT2D eigenvalue weighted by atomic mass is 9.99. The molecule has 1 saturated carbocycles. The van der Waals surface area contributed by atoms with Gasteiger partial charge in [0.15, 0.2) is 11.6 Å². The van der Waals surface area contributed by atoms with E-state index in [0.717, 1.165) is 0 Å². The van der Waals surface area contributed by atoms with Crippen molar-refractivity contribution in [1.29, 1.82) is 0 Å². The van der Waals surface area contributed by atoms with Gasteiger partial charge in [-0.3, -0.25) is 9.59 Å². The number of carbonyl (C=O) groups excluding carboxylic acids is 2. The Bertz CT molecular complexity index is 1280. The van der Waals surface area contributed by atoms with Crippen molar-refractivity contribution in [2.24, 2.45) is 0 Å². The first-order chi connectivity index (χ1) is 15.8. The molecule has 2 aliphatic rings. The predicted octanol–water partition coefficient (Wildman–Crippen LogP) is 3.73. The van der Waals surface area contributed by atoms with Crippen molar-refractivity contribution >= 4 is 22.6 Å². The fraction of sp³-hybridized carbons (Fsp3) is 0.280. The molecule has 8 heteroatoms. The zero-order valence-corrected chi connectivity index (χ0v) is 17.7. The van der Waals surface area contributed by atoms with Crippen molar-refractivity contribution in [3.05, 3.63) is 71.5 Å². The normalized spacial score (nSPS) is 17.3. The van der Waals surface area contributed by atoms with Crippen molar-refractivity contribution in [2.75, 3.05) is 26.2 Å². The minimum atomic E-state index is -1.27. The van der Waals surface area contributed by atoms with Gasteiger partial charge in [-0.1, -0.05) is 24.3 Å². The molecule has 2 fully saturated rings. The molecular formula is C25H21F3N2O3. The van der Waals surface area contributed by atoms with Crippen LogP contribution in [0.4, 0.5) is 13.2 Å². The van der Waals surface area contributed by atoms with Crippen molar-refractivity contribution in [1.82, 2.24) is 9.80 Å². The highest BCUT2D eigenvalue weighted by molar-refractivity contribution is 5.96. The largest absolute Gasteiger partial charge is 0.380 e. The van der Waals surface area contributed by atoms with E-state index in [-0.39, 0.29) is 49.0 Å². The third kappa shape index (κ3) is 3.84. The molecule has 0 spiro atoms. The van der Waals surface area contributed by atoms with Crippen LogP contribution in [0.15, 0.2) is 48.5 Å². The summed E-state index contributed by atoms with van der Waals surface area (Å²) in [7, 11) is 0. The first-order valence-corrected chi connectivity index (χ1v) is 10.8. The van der Waals surface area contributed by atoms with Crippen LogP contribution < -0.4 is 0 Å². The number of piperazine rings is 1. The van der Waals surface area contributed by atoms with Gasteiger partial charge in [0.25, 0.3) is 11.8 Å². The van der Waals surface area contributed by atoms with Crippen LogP contribution in [0.25, 0.3) is 21.9 Å². The second kappa shape index (κ2) is 7.88. The van der Waals surface area contributed by atoms with Gasteiger partial charge in [0.05, 0.1) is 5.56 Å². The van der Waals surface area contributed by atoms with Crippen molar-refractivity contribution in [3.8, 4) is 11.1 Å². The number of amides is 2. The van der Waals surface area contributed by atoms with Gasteiger partial charge in [-0.2, -0.15) is 0 Å². The predicted molar refractivity (Wildman–Crippen MR) is 116 cm³/mol. The van der Waals surface area contributed by atoms with Crippen LogP contribution in [0.3, 0.4) is 0 Å². The molecule has 0 atom stereocenters. The number of fused-ring (bicyclic) bond motifs is 1. The molecule has 1 aliphatic carbocycles.